The van der Waals surface area contributed by atoms with Gasteiger partial charge < -0.3 is 5.11 Å². The summed E-state index contributed by atoms with van der Waals surface area (Å²) in [4.78, 5) is 26.0. The van der Waals surface area contributed by atoms with Gasteiger partial charge in [0, 0.05) is 34.9 Å². The number of hydrogen-bond donors (Lipinski definition) is 1. The number of nitrogens with zero attached hydrogens (tertiary/aromatic N) is 5. The number of aryl methyl sites for hydroxylation is 2. The summed E-state index contributed by atoms with van der Waals surface area (Å²) in [5.41, 5.74) is 6.85. The molecule has 1 aromatic carbocycles. The average molecular weight is 570 g/mol. The lowest BCUT2D eigenvalue weighted by atomic mass is 9.75. The standard InChI is InChI=1S/C33H39N5O2S/c1-4-24-17-25(5-2)38-33(34-24)35-30(36-38)20-37-16-15-26(28(19-37)22-13-11-21(3)12-14-22)27-18-29(41-31(27)32(39)40)23-9-7-6-8-10-23/h6-10,17-18,21-22H,4-5,11-16,19-20H2,1-3H3,(H,39,40). The first-order valence-electron chi connectivity index (χ1n) is 15.0. The summed E-state index contributed by atoms with van der Waals surface area (Å²) in [5, 5.41) is 15.1. The molecule has 1 aliphatic carbocycles. The van der Waals surface area contributed by atoms with Gasteiger partial charge in [-0.2, -0.15) is 4.98 Å². The maximum absolute atomic E-state index is 12.5. The van der Waals surface area contributed by atoms with Gasteiger partial charge in [-0.3, -0.25) is 4.90 Å². The van der Waals surface area contributed by atoms with E-state index in [1.54, 1.807) is 0 Å². The van der Waals surface area contributed by atoms with E-state index < -0.39 is 5.97 Å². The zero-order chi connectivity index (χ0) is 28.5. The monoisotopic (exact) mass is 569 g/mol. The van der Waals surface area contributed by atoms with Crippen LogP contribution in [0.2, 0.25) is 0 Å². The second-order valence-electron chi connectivity index (χ2n) is 11.6. The minimum absolute atomic E-state index is 0.459. The van der Waals surface area contributed by atoms with Crippen LogP contribution in [0.1, 0.15) is 85.3 Å². The van der Waals surface area contributed by atoms with E-state index in [1.165, 1.54) is 48.2 Å². The first kappa shape index (κ1) is 27.8. The average Bonchev–Trinajstić information content (AvgIpc) is 3.62. The highest BCUT2D eigenvalue weighted by Crippen LogP contribution is 2.43. The van der Waals surface area contributed by atoms with Crippen LogP contribution in [0.4, 0.5) is 0 Å². The van der Waals surface area contributed by atoms with Crippen molar-refractivity contribution in [1.82, 2.24) is 24.5 Å². The summed E-state index contributed by atoms with van der Waals surface area (Å²) in [6.45, 7) is 8.95. The van der Waals surface area contributed by atoms with E-state index >= 15 is 0 Å². The lowest BCUT2D eigenvalue weighted by Gasteiger charge is -2.37. The van der Waals surface area contributed by atoms with E-state index in [1.807, 2.05) is 22.7 Å². The minimum Gasteiger partial charge on any atom is -0.477 e. The molecular weight excluding hydrogens is 530 g/mol. The topological polar surface area (TPSA) is 83.6 Å². The third kappa shape index (κ3) is 5.72. The summed E-state index contributed by atoms with van der Waals surface area (Å²) in [7, 11) is 0. The van der Waals surface area contributed by atoms with Gasteiger partial charge in [-0.15, -0.1) is 16.4 Å². The largest absolute Gasteiger partial charge is 0.477 e. The van der Waals surface area contributed by atoms with Gasteiger partial charge in [0.1, 0.15) is 4.88 Å². The van der Waals surface area contributed by atoms with Crippen molar-refractivity contribution in [3.05, 3.63) is 75.7 Å². The summed E-state index contributed by atoms with van der Waals surface area (Å²) in [6, 6.07) is 14.4. The summed E-state index contributed by atoms with van der Waals surface area (Å²) in [5.74, 6) is 1.89. The van der Waals surface area contributed by atoms with Gasteiger partial charge in [-0.25, -0.2) is 14.3 Å². The van der Waals surface area contributed by atoms with Gasteiger partial charge in [0.15, 0.2) is 5.82 Å². The van der Waals surface area contributed by atoms with Crippen molar-refractivity contribution < 1.29 is 9.90 Å². The van der Waals surface area contributed by atoms with Crippen LogP contribution >= 0.6 is 11.3 Å². The van der Waals surface area contributed by atoms with E-state index in [2.05, 4.69) is 49.9 Å². The molecule has 2 aliphatic rings. The number of carboxylic acid groups (broad SMARTS) is 1. The number of benzene rings is 1. The van der Waals surface area contributed by atoms with Crippen LogP contribution in [-0.4, -0.2) is 48.6 Å². The highest BCUT2D eigenvalue weighted by atomic mass is 32.1. The molecule has 1 aliphatic heterocycles. The molecule has 4 heterocycles. The molecule has 1 fully saturated rings. The zero-order valence-electron chi connectivity index (χ0n) is 24.3. The predicted molar refractivity (Wildman–Crippen MR) is 164 cm³/mol. The van der Waals surface area contributed by atoms with Crippen molar-refractivity contribution in [1.29, 1.82) is 0 Å². The van der Waals surface area contributed by atoms with Gasteiger partial charge >= 0.3 is 5.97 Å². The van der Waals surface area contributed by atoms with E-state index in [-0.39, 0.29) is 0 Å². The number of thiophene rings is 1. The van der Waals surface area contributed by atoms with Crippen molar-refractivity contribution in [2.45, 2.75) is 72.3 Å². The highest BCUT2D eigenvalue weighted by molar-refractivity contribution is 7.17. The van der Waals surface area contributed by atoms with Crippen LogP contribution in [0.3, 0.4) is 0 Å². The van der Waals surface area contributed by atoms with Gasteiger partial charge in [0.2, 0.25) is 0 Å². The van der Waals surface area contributed by atoms with E-state index in [9.17, 15) is 9.90 Å². The molecule has 7 nitrogen and oxygen atoms in total. The number of hydrogen-bond acceptors (Lipinski definition) is 6. The quantitative estimate of drug-likeness (QED) is 0.242. The fourth-order valence-corrected chi connectivity index (χ4v) is 7.55. The molecule has 41 heavy (non-hydrogen) atoms. The fraction of sp³-hybridized carbons (Fsp3) is 0.455. The number of carboxylic acids is 1. The van der Waals surface area contributed by atoms with Crippen molar-refractivity contribution in [2.24, 2.45) is 11.8 Å². The molecule has 0 saturated heterocycles. The summed E-state index contributed by atoms with van der Waals surface area (Å²) in [6.07, 6.45) is 7.38. The van der Waals surface area contributed by atoms with E-state index in [4.69, 9.17) is 15.1 Å². The third-order valence-electron chi connectivity index (χ3n) is 8.85. The zero-order valence-corrected chi connectivity index (χ0v) is 25.1. The maximum atomic E-state index is 12.5. The highest BCUT2D eigenvalue weighted by Gasteiger charge is 2.31. The van der Waals surface area contributed by atoms with Crippen molar-refractivity contribution in [3.8, 4) is 10.4 Å². The van der Waals surface area contributed by atoms with Crippen LogP contribution in [0.5, 0.6) is 0 Å². The van der Waals surface area contributed by atoms with Gasteiger partial charge in [0.05, 0.1) is 6.54 Å². The molecule has 214 valence electrons. The van der Waals surface area contributed by atoms with Crippen LogP contribution in [0.25, 0.3) is 21.8 Å². The predicted octanol–water partition coefficient (Wildman–Crippen LogP) is 7.16. The second kappa shape index (κ2) is 11.9. The Hall–Kier alpha value is -3.36. The number of fused-ring (bicyclic) bond motifs is 1. The lowest BCUT2D eigenvalue weighted by Crippen LogP contribution is -2.34. The molecule has 0 bridgehead atoms. The Morgan fingerprint density at radius 2 is 1.83 bits per heavy atom. The second-order valence-corrected chi connectivity index (χ2v) is 12.7. The van der Waals surface area contributed by atoms with Crippen molar-refractivity contribution in [2.75, 3.05) is 13.1 Å². The molecule has 1 saturated carbocycles. The molecule has 0 spiro atoms. The van der Waals surface area contributed by atoms with Crippen LogP contribution in [0.15, 0.2) is 48.0 Å². The fourth-order valence-electron chi connectivity index (χ4n) is 6.52. The Kier molecular flexibility index (Phi) is 8.04. The SMILES string of the molecule is CCc1cc(CC)n2nc(CN3CCC(c4cc(-c5ccccc5)sc4C(=O)O)=C(C4CCC(C)CC4)C3)nc2n1. The Labute approximate surface area is 246 Å². The van der Waals surface area contributed by atoms with Gasteiger partial charge in [-0.1, -0.05) is 63.9 Å². The van der Waals surface area contributed by atoms with Crippen LogP contribution < -0.4 is 0 Å². The summed E-state index contributed by atoms with van der Waals surface area (Å²) >= 11 is 1.40. The number of aromatic carboxylic acids is 1. The minimum atomic E-state index is -0.835. The molecule has 4 aromatic rings. The summed E-state index contributed by atoms with van der Waals surface area (Å²) < 4.78 is 1.90. The van der Waals surface area contributed by atoms with Gasteiger partial charge in [0.25, 0.3) is 5.78 Å². The molecule has 1 N–H and O–H groups in total. The molecule has 0 amide bonds. The molecule has 8 heteroatoms. The van der Waals surface area contributed by atoms with Crippen molar-refractivity contribution >= 4 is 28.7 Å². The molecule has 0 unspecified atom stereocenters. The Bertz CT molecular complexity index is 1580. The normalized spacial score (nSPS) is 20.2. The maximum Gasteiger partial charge on any atom is 0.346 e. The Morgan fingerprint density at radius 1 is 1.05 bits per heavy atom. The Balaban J connectivity index is 1.35. The molecule has 0 radical (unpaired) electrons. The van der Waals surface area contributed by atoms with E-state index in [0.29, 0.717) is 23.1 Å². The Morgan fingerprint density at radius 3 is 2.54 bits per heavy atom. The van der Waals surface area contributed by atoms with Crippen LogP contribution in [-0.2, 0) is 19.4 Å². The molecule has 3 aromatic heterocycles. The third-order valence-corrected chi connectivity index (χ3v) is 10.0. The number of rotatable bonds is 8. The first-order valence-corrected chi connectivity index (χ1v) is 15.9. The smallest absolute Gasteiger partial charge is 0.346 e. The van der Waals surface area contributed by atoms with E-state index in [0.717, 1.165) is 71.5 Å². The van der Waals surface area contributed by atoms with Gasteiger partial charge in [-0.05, 0) is 72.8 Å². The number of carbonyl (C=O) groups is 1. The van der Waals surface area contributed by atoms with Crippen LogP contribution in [0, 0.1) is 11.8 Å². The molecule has 0 atom stereocenters. The first-order chi connectivity index (χ1) is 19.9. The van der Waals surface area contributed by atoms with Crippen molar-refractivity contribution in [3.63, 3.8) is 0 Å². The number of aromatic nitrogens is 4. The lowest BCUT2D eigenvalue weighted by molar-refractivity contribution is 0.0701. The molecular formula is C33H39N5O2S. The molecule has 6 rings (SSSR count).